The molecule has 1 aromatic heterocycles. The van der Waals surface area contributed by atoms with Crippen molar-refractivity contribution < 1.29 is 4.74 Å². The summed E-state index contributed by atoms with van der Waals surface area (Å²) < 4.78 is 6.09. The van der Waals surface area contributed by atoms with E-state index in [2.05, 4.69) is 51.4 Å². The smallest absolute Gasteiger partial charge is 0.191 e. The highest BCUT2D eigenvalue weighted by Crippen LogP contribution is 2.19. The van der Waals surface area contributed by atoms with Crippen LogP contribution in [-0.4, -0.2) is 74.4 Å². The van der Waals surface area contributed by atoms with E-state index in [0.717, 1.165) is 64.2 Å². The van der Waals surface area contributed by atoms with Crippen molar-refractivity contribution in [3.63, 3.8) is 0 Å². The number of ether oxygens (including phenoxy) is 1. The number of hydrogen-bond acceptors (Lipinski definition) is 5. The lowest BCUT2D eigenvalue weighted by atomic mass is 10.1. The Balaban J connectivity index is 0.00000363. The van der Waals surface area contributed by atoms with Crippen LogP contribution in [0.5, 0.6) is 0 Å². The molecule has 0 aromatic carbocycles. The van der Waals surface area contributed by atoms with Crippen LogP contribution in [0.15, 0.2) is 23.3 Å². The maximum absolute atomic E-state index is 6.09. The quantitative estimate of drug-likeness (QED) is 0.159. The number of aromatic nitrogens is 1. The van der Waals surface area contributed by atoms with Gasteiger partial charge in [-0.15, -0.1) is 24.0 Å². The van der Waals surface area contributed by atoms with Crippen molar-refractivity contribution >= 4 is 35.8 Å². The number of nitrogens with one attached hydrogen (secondary N) is 2. The molecule has 1 aliphatic carbocycles. The highest BCUT2D eigenvalue weighted by atomic mass is 127. The SMILES string of the molecule is CCNC(=NCc1ccnc(N2CCN(CC)CC2)c1)NCCOC1CCCCCC1.I. The molecule has 32 heavy (non-hydrogen) atoms. The highest BCUT2D eigenvalue weighted by Gasteiger charge is 2.17. The third-order valence-corrected chi connectivity index (χ3v) is 6.27. The van der Waals surface area contributed by atoms with Crippen molar-refractivity contribution in [1.82, 2.24) is 20.5 Å². The van der Waals surface area contributed by atoms with Gasteiger partial charge < -0.3 is 25.2 Å². The van der Waals surface area contributed by atoms with Crippen LogP contribution in [-0.2, 0) is 11.3 Å². The van der Waals surface area contributed by atoms with Crippen LogP contribution in [0.4, 0.5) is 5.82 Å². The van der Waals surface area contributed by atoms with E-state index in [-0.39, 0.29) is 24.0 Å². The summed E-state index contributed by atoms with van der Waals surface area (Å²) in [5, 5.41) is 6.76. The van der Waals surface area contributed by atoms with Crippen molar-refractivity contribution in [3.05, 3.63) is 23.9 Å². The first-order valence-electron chi connectivity index (χ1n) is 12.3. The van der Waals surface area contributed by atoms with Crippen LogP contribution in [0.2, 0.25) is 0 Å². The average molecular weight is 559 g/mol. The summed E-state index contributed by atoms with van der Waals surface area (Å²) in [6.45, 7) is 12.8. The van der Waals surface area contributed by atoms with E-state index in [1.165, 1.54) is 44.1 Å². The molecule has 2 N–H and O–H groups in total. The Morgan fingerprint density at radius 2 is 1.84 bits per heavy atom. The fourth-order valence-electron chi connectivity index (χ4n) is 4.34. The van der Waals surface area contributed by atoms with Gasteiger partial charge in [0.1, 0.15) is 5.82 Å². The molecule has 0 amide bonds. The van der Waals surface area contributed by atoms with Gasteiger partial charge in [0.25, 0.3) is 0 Å². The lowest BCUT2D eigenvalue weighted by Crippen LogP contribution is -2.46. The van der Waals surface area contributed by atoms with Gasteiger partial charge in [-0.25, -0.2) is 9.98 Å². The van der Waals surface area contributed by atoms with Crippen LogP contribution < -0.4 is 15.5 Å². The molecule has 3 rings (SSSR count). The molecule has 1 aliphatic heterocycles. The number of halogens is 1. The normalized spacial score (nSPS) is 18.7. The molecule has 0 atom stereocenters. The minimum atomic E-state index is 0. The number of aliphatic imine (C=N–C) groups is 1. The first-order valence-corrected chi connectivity index (χ1v) is 12.3. The second-order valence-electron chi connectivity index (χ2n) is 8.55. The van der Waals surface area contributed by atoms with E-state index < -0.39 is 0 Å². The van der Waals surface area contributed by atoms with E-state index in [9.17, 15) is 0 Å². The van der Waals surface area contributed by atoms with Crippen LogP contribution in [0, 0.1) is 0 Å². The maximum atomic E-state index is 6.09. The van der Waals surface area contributed by atoms with Crippen molar-refractivity contribution in [1.29, 1.82) is 0 Å². The molecule has 1 saturated heterocycles. The van der Waals surface area contributed by atoms with Crippen molar-refractivity contribution in [2.24, 2.45) is 4.99 Å². The number of anilines is 1. The molecule has 8 heteroatoms. The van der Waals surface area contributed by atoms with Crippen molar-refractivity contribution in [3.8, 4) is 0 Å². The summed E-state index contributed by atoms with van der Waals surface area (Å²) >= 11 is 0. The van der Waals surface area contributed by atoms with Crippen LogP contribution in [0.1, 0.15) is 57.9 Å². The minimum absolute atomic E-state index is 0. The lowest BCUT2D eigenvalue weighted by molar-refractivity contribution is 0.0468. The first-order chi connectivity index (χ1) is 15.3. The summed E-state index contributed by atoms with van der Waals surface area (Å²) in [5.41, 5.74) is 1.19. The third kappa shape index (κ3) is 9.39. The van der Waals surface area contributed by atoms with Gasteiger partial charge in [0.2, 0.25) is 0 Å². The van der Waals surface area contributed by atoms with Crippen LogP contribution >= 0.6 is 24.0 Å². The van der Waals surface area contributed by atoms with E-state index >= 15 is 0 Å². The molecule has 1 saturated carbocycles. The predicted octanol–water partition coefficient (Wildman–Crippen LogP) is 3.64. The minimum Gasteiger partial charge on any atom is -0.376 e. The zero-order valence-electron chi connectivity index (χ0n) is 20.0. The molecular formula is C24H43IN6O. The van der Waals surface area contributed by atoms with E-state index in [0.29, 0.717) is 12.6 Å². The number of rotatable bonds is 9. The molecule has 7 nitrogen and oxygen atoms in total. The highest BCUT2D eigenvalue weighted by molar-refractivity contribution is 14.0. The summed E-state index contributed by atoms with van der Waals surface area (Å²) in [6, 6.07) is 4.25. The van der Waals surface area contributed by atoms with Gasteiger partial charge in [0.05, 0.1) is 19.3 Å². The molecule has 1 aromatic rings. The summed E-state index contributed by atoms with van der Waals surface area (Å²) in [4.78, 5) is 14.2. The van der Waals surface area contributed by atoms with E-state index in [1.807, 2.05) is 6.20 Å². The molecule has 2 aliphatic rings. The first kappa shape index (κ1) is 27.1. The van der Waals surface area contributed by atoms with E-state index in [4.69, 9.17) is 9.73 Å². The second-order valence-corrected chi connectivity index (χ2v) is 8.55. The molecular weight excluding hydrogens is 515 g/mol. The van der Waals surface area contributed by atoms with Gasteiger partial charge >= 0.3 is 0 Å². The lowest BCUT2D eigenvalue weighted by Gasteiger charge is -2.34. The van der Waals surface area contributed by atoms with Gasteiger partial charge in [-0.3, -0.25) is 0 Å². The Morgan fingerprint density at radius 1 is 1.09 bits per heavy atom. The number of pyridine rings is 1. The number of piperazine rings is 1. The summed E-state index contributed by atoms with van der Waals surface area (Å²) in [7, 11) is 0. The van der Waals surface area contributed by atoms with Gasteiger partial charge in [0.15, 0.2) is 5.96 Å². The maximum Gasteiger partial charge on any atom is 0.191 e. The van der Waals surface area contributed by atoms with Gasteiger partial charge in [0, 0.05) is 45.5 Å². The predicted molar refractivity (Wildman–Crippen MR) is 144 cm³/mol. The van der Waals surface area contributed by atoms with Crippen LogP contribution in [0.3, 0.4) is 0 Å². The summed E-state index contributed by atoms with van der Waals surface area (Å²) in [6.07, 6.45) is 10.1. The van der Waals surface area contributed by atoms with Crippen molar-refractivity contribution in [2.45, 2.75) is 65.0 Å². The standard InChI is InChI=1S/C24H42N6O.HI/c1-3-25-24(27-13-18-31-22-9-7-5-6-8-10-22)28-20-21-11-12-26-23(19-21)30-16-14-29(4-2)15-17-30;/h11-12,19,22H,3-10,13-18,20H2,1-2H3,(H2,25,27,28);1H. The number of hydrogen-bond donors (Lipinski definition) is 2. The number of likely N-dealkylation sites (N-methyl/N-ethyl adjacent to an activating group) is 1. The Bertz CT molecular complexity index is 658. The molecule has 0 bridgehead atoms. The second kappa shape index (κ2) is 15.7. The molecule has 0 unspecified atom stereocenters. The fraction of sp³-hybridized carbons (Fsp3) is 0.750. The topological polar surface area (TPSA) is 65.0 Å². The van der Waals surface area contributed by atoms with Gasteiger partial charge in [-0.05, 0) is 44.0 Å². The zero-order valence-corrected chi connectivity index (χ0v) is 22.4. The number of guanidine groups is 1. The van der Waals surface area contributed by atoms with Crippen LogP contribution in [0.25, 0.3) is 0 Å². The Labute approximate surface area is 211 Å². The molecule has 2 fully saturated rings. The largest absolute Gasteiger partial charge is 0.376 e. The van der Waals surface area contributed by atoms with Crippen molar-refractivity contribution in [2.75, 3.05) is 57.3 Å². The molecule has 182 valence electrons. The monoisotopic (exact) mass is 558 g/mol. The van der Waals surface area contributed by atoms with Gasteiger partial charge in [-0.2, -0.15) is 0 Å². The third-order valence-electron chi connectivity index (χ3n) is 6.27. The zero-order chi connectivity index (χ0) is 21.7. The average Bonchev–Trinajstić information content (AvgIpc) is 3.09. The fourth-order valence-corrected chi connectivity index (χ4v) is 4.34. The Kier molecular flexibility index (Phi) is 13.3. The Morgan fingerprint density at radius 3 is 2.53 bits per heavy atom. The molecule has 0 spiro atoms. The van der Waals surface area contributed by atoms with Gasteiger partial charge in [-0.1, -0.05) is 32.6 Å². The molecule has 2 heterocycles. The molecule has 0 radical (unpaired) electrons. The Hall–Kier alpha value is -1.13. The van der Waals surface area contributed by atoms with E-state index in [1.54, 1.807) is 0 Å². The number of nitrogens with zero attached hydrogens (tertiary/aromatic N) is 4. The summed E-state index contributed by atoms with van der Waals surface area (Å²) in [5.74, 6) is 1.92.